The molecule has 29 heavy (non-hydrogen) atoms. The lowest BCUT2D eigenvalue weighted by Gasteiger charge is -2.36. The summed E-state index contributed by atoms with van der Waals surface area (Å²) in [5, 5.41) is 0. The van der Waals surface area contributed by atoms with Gasteiger partial charge in [0, 0.05) is 6.20 Å². The van der Waals surface area contributed by atoms with Crippen molar-refractivity contribution in [3.63, 3.8) is 0 Å². The normalized spacial score (nSPS) is 28.8. The Morgan fingerprint density at radius 3 is 2.69 bits per heavy atom. The van der Waals surface area contributed by atoms with Gasteiger partial charge in [-0.1, -0.05) is 30.3 Å². The van der Waals surface area contributed by atoms with Crippen molar-refractivity contribution in [3.05, 3.63) is 71.1 Å². The molecule has 6 heteroatoms. The number of alkyl halides is 1. The quantitative estimate of drug-likeness (QED) is 0.779. The summed E-state index contributed by atoms with van der Waals surface area (Å²) < 4.78 is 20.1. The predicted octanol–water partition coefficient (Wildman–Crippen LogP) is 3.84. The van der Waals surface area contributed by atoms with E-state index in [1.165, 1.54) is 4.90 Å². The zero-order valence-electron chi connectivity index (χ0n) is 16.0. The number of aromatic nitrogens is 1. The van der Waals surface area contributed by atoms with Crippen LogP contribution >= 0.6 is 0 Å². The first-order chi connectivity index (χ1) is 14.0. The lowest BCUT2D eigenvalue weighted by molar-refractivity contribution is -0.133. The molecule has 3 heterocycles. The third kappa shape index (κ3) is 2.85. The summed E-state index contributed by atoms with van der Waals surface area (Å²) in [5.74, 6) is -0.495. The van der Waals surface area contributed by atoms with Gasteiger partial charge in [-0.2, -0.15) is 0 Å². The highest BCUT2D eigenvalue weighted by molar-refractivity contribution is 6.17. The van der Waals surface area contributed by atoms with E-state index in [2.05, 4.69) is 4.98 Å². The number of Topliss-reactive ketones (excluding diaryl/α,β-unsaturated/α-hetero) is 1. The number of nitrogens with zero attached hydrogens (tertiary/aromatic N) is 2. The van der Waals surface area contributed by atoms with E-state index in [-0.39, 0.29) is 23.9 Å². The van der Waals surface area contributed by atoms with Gasteiger partial charge >= 0.3 is 0 Å². The Labute approximate surface area is 168 Å². The van der Waals surface area contributed by atoms with E-state index in [0.717, 1.165) is 11.1 Å². The fourth-order valence-electron chi connectivity index (χ4n) is 4.65. The summed E-state index contributed by atoms with van der Waals surface area (Å²) in [5.41, 5.74) is 2.10. The average molecular weight is 392 g/mol. The maximum Gasteiger partial charge on any atom is 0.295 e. The Morgan fingerprint density at radius 2 is 1.93 bits per heavy atom. The van der Waals surface area contributed by atoms with Crippen molar-refractivity contribution >= 4 is 17.5 Å². The molecular formula is C23H21FN2O3. The van der Waals surface area contributed by atoms with Crippen molar-refractivity contribution in [2.24, 2.45) is 5.92 Å². The number of carbonyl (C=O) groups is 2. The van der Waals surface area contributed by atoms with Gasteiger partial charge in [-0.25, -0.2) is 9.37 Å². The van der Waals surface area contributed by atoms with Crippen LogP contribution in [0.15, 0.2) is 60.0 Å². The molecule has 1 aromatic carbocycles. The number of halogens is 1. The number of fused-ring (bicyclic) bond motifs is 1. The zero-order chi connectivity index (χ0) is 20.1. The molecule has 1 aromatic heterocycles. The minimum absolute atomic E-state index is 0.103. The van der Waals surface area contributed by atoms with E-state index in [4.69, 9.17) is 4.74 Å². The highest BCUT2D eigenvalue weighted by atomic mass is 19.1. The Balaban J connectivity index is 1.65. The Kier molecular flexibility index (Phi) is 4.23. The number of anilines is 1. The van der Waals surface area contributed by atoms with E-state index < -0.39 is 24.2 Å². The molecule has 0 saturated heterocycles. The van der Waals surface area contributed by atoms with E-state index in [0.29, 0.717) is 24.2 Å². The maximum absolute atomic E-state index is 14.0. The van der Waals surface area contributed by atoms with E-state index >= 15 is 0 Å². The molecule has 1 aliphatic carbocycles. The first-order valence-electron chi connectivity index (χ1n) is 9.95. The molecule has 1 fully saturated rings. The number of amides is 1. The number of carbonyl (C=O) groups excluding carboxylic acids is 2. The average Bonchev–Trinajstić information content (AvgIpc) is 3.02. The fourth-order valence-corrected chi connectivity index (χ4v) is 4.65. The van der Waals surface area contributed by atoms with Crippen molar-refractivity contribution < 1.29 is 18.7 Å². The second kappa shape index (κ2) is 6.79. The minimum Gasteiger partial charge on any atom is -0.483 e. The van der Waals surface area contributed by atoms with Gasteiger partial charge in [-0.05, 0) is 49.4 Å². The molecule has 1 amide bonds. The van der Waals surface area contributed by atoms with Crippen molar-refractivity contribution in [2.45, 2.75) is 44.5 Å². The molecule has 4 atom stereocenters. The first-order valence-corrected chi connectivity index (χ1v) is 9.95. The summed E-state index contributed by atoms with van der Waals surface area (Å²) >= 11 is 0. The van der Waals surface area contributed by atoms with Crippen LogP contribution in [0.25, 0.3) is 0 Å². The summed E-state index contributed by atoms with van der Waals surface area (Å²) in [6.45, 7) is 1.92. The topological polar surface area (TPSA) is 59.5 Å². The summed E-state index contributed by atoms with van der Waals surface area (Å²) in [7, 11) is 0. The van der Waals surface area contributed by atoms with Gasteiger partial charge in [0.05, 0.1) is 17.5 Å². The molecule has 5 nitrogen and oxygen atoms in total. The number of pyridine rings is 1. The third-order valence-electron chi connectivity index (χ3n) is 6.05. The lowest BCUT2D eigenvalue weighted by Crippen LogP contribution is -2.42. The molecule has 3 aliphatic rings. The molecule has 0 radical (unpaired) electrons. The van der Waals surface area contributed by atoms with Crippen molar-refractivity contribution in [2.75, 3.05) is 4.90 Å². The molecule has 5 rings (SSSR count). The standard InChI is InChI=1S/C23H21FN2O3/c1-13-9-10-25-18(11-13)26-20(14-5-3-2-4-6-14)19-21(27)16-12-15(24)7-8-17(16)29-22(19)23(26)28/h2-6,9-11,15-17,20H,7-8,12H2,1H3. The van der Waals surface area contributed by atoms with Crippen molar-refractivity contribution in [1.29, 1.82) is 0 Å². The SMILES string of the molecule is Cc1ccnc(N2C(=O)C3=C(C(=O)C4CC(F)CCC4O3)C2c2ccccc2)c1. The van der Waals surface area contributed by atoms with Crippen LogP contribution < -0.4 is 4.90 Å². The number of ketones is 1. The van der Waals surface area contributed by atoms with Gasteiger partial charge in [0.15, 0.2) is 11.5 Å². The molecular weight excluding hydrogens is 371 g/mol. The number of rotatable bonds is 2. The molecule has 2 aliphatic heterocycles. The monoisotopic (exact) mass is 392 g/mol. The molecule has 0 bridgehead atoms. The number of aryl methyl sites for hydroxylation is 1. The van der Waals surface area contributed by atoms with E-state index in [1.54, 1.807) is 6.20 Å². The van der Waals surface area contributed by atoms with Gasteiger partial charge in [0.1, 0.15) is 18.1 Å². The van der Waals surface area contributed by atoms with Gasteiger partial charge in [-0.3, -0.25) is 14.5 Å². The van der Waals surface area contributed by atoms with Gasteiger partial charge in [0.2, 0.25) is 0 Å². The van der Waals surface area contributed by atoms with Gasteiger partial charge in [0.25, 0.3) is 5.91 Å². The van der Waals surface area contributed by atoms with Crippen LogP contribution in [0.1, 0.15) is 36.4 Å². The molecule has 148 valence electrons. The van der Waals surface area contributed by atoms with Crippen LogP contribution in [0.3, 0.4) is 0 Å². The molecule has 0 N–H and O–H groups in total. The van der Waals surface area contributed by atoms with Crippen molar-refractivity contribution in [3.8, 4) is 0 Å². The first kappa shape index (κ1) is 18.0. The van der Waals surface area contributed by atoms with Crippen LogP contribution in [0.4, 0.5) is 10.2 Å². The second-order valence-corrected chi connectivity index (χ2v) is 7.96. The molecule has 2 aromatic rings. The highest BCUT2D eigenvalue weighted by Gasteiger charge is 2.53. The summed E-state index contributed by atoms with van der Waals surface area (Å²) in [6, 6.07) is 12.4. The summed E-state index contributed by atoms with van der Waals surface area (Å²) in [4.78, 5) is 32.8. The van der Waals surface area contributed by atoms with Crippen LogP contribution in [0.5, 0.6) is 0 Å². The van der Waals surface area contributed by atoms with Crippen LogP contribution in [-0.4, -0.2) is 29.0 Å². The van der Waals surface area contributed by atoms with Crippen LogP contribution in [0.2, 0.25) is 0 Å². The highest BCUT2D eigenvalue weighted by Crippen LogP contribution is 2.48. The van der Waals surface area contributed by atoms with Crippen LogP contribution in [0, 0.1) is 12.8 Å². The number of ether oxygens (including phenoxy) is 1. The molecule has 4 unspecified atom stereocenters. The summed E-state index contributed by atoms with van der Waals surface area (Å²) in [6.07, 6.45) is 1.16. The third-order valence-corrected chi connectivity index (χ3v) is 6.05. The Morgan fingerprint density at radius 1 is 1.14 bits per heavy atom. The van der Waals surface area contributed by atoms with E-state index in [1.807, 2.05) is 49.4 Å². The van der Waals surface area contributed by atoms with Crippen molar-refractivity contribution in [1.82, 2.24) is 4.98 Å². The fraction of sp³-hybridized carbons (Fsp3) is 0.348. The Hall–Kier alpha value is -3.02. The maximum atomic E-state index is 14.0. The number of benzene rings is 1. The molecule has 0 spiro atoms. The van der Waals surface area contributed by atoms with Gasteiger partial charge < -0.3 is 4.74 Å². The number of hydrogen-bond donors (Lipinski definition) is 0. The molecule has 1 saturated carbocycles. The zero-order valence-corrected chi connectivity index (χ0v) is 16.0. The van der Waals surface area contributed by atoms with Crippen LogP contribution in [-0.2, 0) is 14.3 Å². The Bertz CT molecular complexity index is 1020. The lowest BCUT2D eigenvalue weighted by atomic mass is 9.77. The minimum atomic E-state index is -1.01. The largest absolute Gasteiger partial charge is 0.483 e. The number of hydrogen-bond acceptors (Lipinski definition) is 4. The van der Waals surface area contributed by atoms with Gasteiger partial charge in [-0.15, -0.1) is 0 Å². The predicted molar refractivity (Wildman–Crippen MR) is 105 cm³/mol. The smallest absolute Gasteiger partial charge is 0.295 e. The second-order valence-electron chi connectivity index (χ2n) is 7.96. The van der Waals surface area contributed by atoms with E-state index in [9.17, 15) is 14.0 Å².